The molecule has 1 aromatic rings. The van der Waals surface area contributed by atoms with Crippen LogP contribution in [0.1, 0.15) is 19.4 Å². The molecule has 0 unspecified atom stereocenters. The predicted octanol–water partition coefficient (Wildman–Crippen LogP) is 3.27. The summed E-state index contributed by atoms with van der Waals surface area (Å²) >= 11 is 11.6. The maximum atomic E-state index is 12.1. The lowest BCUT2D eigenvalue weighted by Crippen LogP contribution is -2.39. The third-order valence-electron chi connectivity index (χ3n) is 2.71. The van der Waals surface area contributed by atoms with Gasteiger partial charge in [-0.15, -0.1) is 11.6 Å². The van der Waals surface area contributed by atoms with Crippen LogP contribution < -0.4 is 0 Å². The van der Waals surface area contributed by atoms with E-state index in [4.69, 9.17) is 23.2 Å². The number of hydrogen-bond acceptors (Lipinski definition) is 2. The summed E-state index contributed by atoms with van der Waals surface area (Å²) in [5, 5.41) is 10.2. The zero-order valence-electron chi connectivity index (χ0n) is 10.7. The van der Waals surface area contributed by atoms with Crippen LogP contribution >= 0.6 is 23.2 Å². The van der Waals surface area contributed by atoms with Crippen LogP contribution in [-0.4, -0.2) is 28.8 Å². The highest BCUT2D eigenvalue weighted by Gasteiger charge is 2.29. The molecule has 0 fully saturated rings. The first kappa shape index (κ1) is 15.1. The van der Waals surface area contributed by atoms with Crippen molar-refractivity contribution in [1.82, 2.24) is 4.90 Å². The average molecular weight is 290 g/mol. The van der Waals surface area contributed by atoms with Crippen LogP contribution in [0.4, 0.5) is 0 Å². The van der Waals surface area contributed by atoms with E-state index in [1.165, 1.54) is 11.0 Å². The summed E-state index contributed by atoms with van der Waals surface area (Å²) in [6.45, 7) is 3.87. The Kier molecular flexibility index (Phi) is 4.88. The van der Waals surface area contributed by atoms with Crippen LogP contribution in [0.3, 0.4) is 0 Å². The summed E-state index contributed by atoms with van der Waals surface area (Å²) in [6.07, 6.45) is 0. The van der Waals surface area contributed by atoms with Crippen LogP contribution in [0.25, 0.3) is 0 Å². The second-order valence-corrected chi connectivity index (χ2v) is 5.66. The quantitative estimate of drug-likeness (QED) is 0.865. The van der Waals surface area contributed by atoms with Gasteiger partial charge in [-0.05, 0) is 32.0 Å². The zero-order valence-corrected chi connectivity index (χ0v) is 12.2. The fraction of sp³-hybridized carbons (Fsp3) is 0.462. The van der Waals surface area contributed by atoms with Crippen LogP contribution in [0.15, 0.2) is 18.2 Å². The second kappa shape index (κ2) is 5.81. The molecular formula is C13H17Cl2NO2. The summed E-state index contributed by atoms with van der Waals surface area (Å²) in [6, 6.07) is 4.77. The van der Waals surface area contributed by atoms with Gasteiger partial charge in [-0.1, -0.05) is 11.6 Å². The topological polar surface area (TPSA) is 40.5 Å². The number of aromatic hydroxyl groups is 1. The Balaban J connectivity index is 2.85. The summed E-state index contributed by atoms with van der Waals surface area (Å²) in [7, 11) is 1.68. The van der Waals surface area contributed by atoms with Crippen LogP contribution in [0, 0.1) is 5.41 Å². The van der Waals surface area contributed by atoms with Gasteiger partial charge < -0.3 is 10.0 Å². The van der Waals surface area contributed by atoms with Crippen molar-refractivity contribution in [1.29, 1.82) is 0 Å². The lowest BCUT2D eigenvalue weighted by atomic mass is 9.94. The van der Waals surface area contributed by atoms with Gasteiger partial charge in [0.2, 0.25) is 5.91 Å². The molecule has 0 bridgehead atoms. The highest BCUT2D eigenvalue weighted by Crippen LogP contribution is 2.25. The molecule has 18 heavy (non-hydrogen) atoms. The van der Waals surface area contributed by atoms with E-state index in [1.54, 1.807) is 33.0 Å². The molecular weight excluding hydrogens is 273 g/mol. The van der Waals surface area contributed by atoms with Gasteiger partial charge in [0, 0.05) is 30.1 Å². The van der Waals surface area contributed by atoms with Crippen LogP contribution in [0.5, 0.6) is 5.75 Å². The molecule has 0 saturated carbocycles. The number of halogens is 2. The van der Waals surface area contributed by atoms with Crippen molar-refractivity contribution in [3.63, 3.8) is 0 Å². The number of phenolic OH excluding ortho intramolecular Hbond substituents is 1. The monoisotopic (exact) mass is 289 g/mol. The standard InChI is InChI=1S/C13H17Cl2NO2/c1-13(2,8-14)12(18)16(3)7-9-6-10(15)4-5-11(9)17/h4-6,17H,7-8H2,1-3H3. The van der Waals surface area contributed by atoms with Crippen molar-refractivity contribution >= 4 is 29.1 Å². The smallest absolute Gasteiger partial charge is 0.229 e. The van der Waals surface area contributed by atoms with E-state index in [2.05, 4.69) is 0 Å². The molecule has 1 amide bonds. The largest absolute Gasteiger partial charge is 0.508 e. The molecule has 0 aliphatic rings. The van der Waals surface area contributed by atoms with Crippen molar-refractivity contribution in [2.24, 2.45) is 5.41 Å². The molecule has 1 N–H and O–H groups in total. The molecule has 1 aromatic carbocycles. The maximum Gasteiger partial charge on any atom is 0.229 e. The minimum atomic E-state index is -0.621. The molecule has 3 nitrogen and oxygen atoms in total. The van der Waals surface area contributed by atoms with Gasteiger partial charge in [0.05, 0.1) is 5.41 Å². The summed E-state index contributed by atoms with van der Waals surface area (Å²) < 4.78 is 0. The van der Waals surface area contributed by atoms with E-state index in [9.17, 15) is 9.90 Å². The number of phenols is 1. The van der Waals surface area contributed by atoms with Crippen molar-refractivity contribution in [3.05, 3.63) is 28.8 Å². The van der Waals surface area contributed by atoms with Gasteiger partial charge in [0.25, 0.3) is 0 Å². The Labute approximate surface area is 117 Å². The van der Waals surface area contributed by atoms with E-state index < -0.39 is 5.41 Å². The second-order valence-electron chi connectivity index (χ2n) is 4.95. The SMILES string of the molecule is CN(Cc1cc(Cl)ccc1O)C(=O)C(C)(C)CCl. The number of amides is 1. The normalized spacial score (nSPS) is 11.4. The fourth-order valence-electron chi connectivity index (χ4n) is 1.58. The van der Waals surface area contributed by atoms with Crippen molar-refractivity contribution in [2.75, 3.05) is 12.9 Å². The van der Waals surface area contributed by atoms with E-state index in [1.807, 2.05) is 0 Å². The number of nitrogens with zero attached hydrogens (tertiary/aromatic N) is 1. The molecule has 0 spiro atoms. The minimum absolute atomic E-state index is 0.0723. The molecule has 0 radical (unpaired) electrons. The summed E-state index contributed by atoms with van der Waals surface area (Å²) in [5.74, 6) is 0.303. The van der Waals surface area contributed by atoms with Gasteiger partial charge in [0.15, 0.2) is 0 Å². The van der Waals surface area contributed by atoms with E-state index in [0.717, 1.165) is 0 Å². The van der Waals surface area contributed by atoms with Gasteiger partial charge in [-0.3, -0.25) is 4.79 Å². The number of hydrogen-bond donors (Lipinski definition) is 1. The molecule has 0 aromatic heterocycles. The van der Waals surface area contributed by atoms with Crippen LogP contribution in [-0.2, 0) is 11.3 Å². The third kappa shape index (κ3) is 3.53. The number of carbonyl (C=O) groups is 1. The highest BCUT2D eigenvalue weighted by atomic mass is 35.5. The molecule has 100 valence electrons. The zero-order chi connectivity index (χ0) is 13.9. The molecule has 0 aliphatic carbocycles. The number of rotatable bonds is 4. The highest BCUT2D eigenvalue weighted by molar-refractivity contribution is 6.30. The lowest BCUT2D eigenvalue weighted by molar-refractivity contribution is -0.138. The molecule has 1 rings (SSSR count). The summed E-state index contributed by atoms with van der Waals surface area (Å²) in [4.78, 5) is 13.7. The van der Waals surface area contributed by atoms with Crippen LogP contribution in [0.2, 0.25) is 5.02 Å². The lowest BCUT2D eigenvalue weighted by Gasteiger charge is -2.27. The first-order valence-corrected chi connectivity index (χ1v) is 6.48. The Bertz CT molecular complexity index is 447. The first-order chi connectivity index (χ1) is 8.27. The van der Waals surface area contributed by atoms with Crippen molar-refractivity contribution in [3.8, 4) is 5.75 Å². The Hall–Kier alpha value is -0.930. The average Bonchev–Trinajstić information content (AvgIpc) is 2.32. The van der Waals surface area contributed by atoms with E-state index in [0.29, 0.717) is 17.1 Å². The molecule has 0 atom stereocenters. The van der Waals surface area contributed by atoms with Gasteiger partial charge in [-0.2, -0.15) is 0 Å². The number of carbonyl (C=O) groups excluding carboxylic acids is 1. The maximum absolute atomic E-state index is 12.1. The van der Waals surface area contributed by atoms with Gasteiger partial charge in [-0.25, -0.2) is 0 Å². The first-order valence-electron chi connectivity index (χ1n) is 5.57. The van der Waals surface area contributed by atoms with Crippen molar-refractivity contribution < 1.29 is 9.90 Å². The molecule has 5 heteroatoms. The number of alkyl halides is 1. The third-order valence-corrected chi connectivity index (χ3v) is 3.61. The minimum Gasteiger partial charge on any atom is -0.508 e. The number of benzene rings is 1. The Morgan fingerprint density at radius 3 is 2.61 bits per heavy atom. The summed E-state index contributed by atoms with van der Waals surface area (Å²) in [5.41, 5.74) is -0.00598. The molecule has 0 aliphatic heterocycles. The fourth-order valence-corrected chi connectivity index (χ4v) is 1.89. The van der Waals surface area contributed by atoms with E-state index >= 15 is 0 Å². The molecule has 0 heterocycles. The molecule has 0 saturated heterocycles. The predicted molar refractivity (Wildman–Crippen MR) is 74.1 cm³/mol. The van der Waals surface area contributed by atoms with Crippen molar-refractivity contribution in [2.45, 2.75) is 20.4 Å². The van der Waals surface area contributed by atoms with E-state index in [-0.39, 0.29) is 17.5 Å². The Morgan fingerprint density at radius 1 is 1.44 bits per heavy atom. The van der Waals surface area contributed by atoms with Gasteiger partial charge >= 0.3 is 0 Å². The Morgan fingerprint density at radius 2 is 2.06 bits per heavy atom. The van der Waals surface area contributed by atoms with Gasteiger partial charge in [0.1, 0.15) is 5.75 Å².